The smallest absolute Gasteiger partial charge is 0.313 e. The molecule has 0 saturated heterocycles. The monoisotopic (exact) mass is 246 g/mol. The van der Waals surface area contributed by atoms with Gasteiger partial charge in [0.1, 0.15) is 0 Å². The van der Waals surface area contributed by atoms with Crippen LogP contribution in [0.1, 0.15) is 0 Å². The lowest BCUT2D eigenvalue weighted by Gasteiger charge is -2.03. The Morgan fingerprint density at radius 2 is 1.94 bits per heavy atom. The van der Waals surface area contributed by atoms with E-state index in [1.165, 1.54) is 19.2 Å². The fraction of sp³-hybridized carbons (Fsp3) is 0.143. The summed E-state index contributed by atoms with van der Waals surface area (Å²) in [4.78, 5) is 18.3. The molecule has 0 spiro atoms. The summed E-state index contributed by atoms with van der Waals surface area (Å²) in [5.74, 6) is 5.31. The normalized spacial score (nSPS) is 8.59. The van der Waals surface area contributed by atoms with Crippen molar-refractivity contribution in [2.75, 3.05) is 12.5 Å². The lowest BCUT2D eigenvalue weighted by molar-refractivity contribution is -0.742. The van der Waals surface area contributed by atoms with E-state index in [-0.39, 0.29) is 11.4 Å². The fourth-order valence-electron chi connectivity index (χ4n) is 0.922. The summed E-state index contributed by atoms with van der Waals surface area (Å²) < 4.78 is 4.80. The summed E-state index contributed by atoms with van der Waals surface area (Å²) in [5.41, 5.74) is 2.67. The first kappa shape index (κ1) is 14.4. The average Bonchev–Trinajstić information content (AvgIpc) is 2.27. The van der Waals surface area contributed by atoms with Gasteiger partial charge in [0, 0.05) is 6.07 Å². The number of nitro benzene ring substituents is 1. The van der Waals surface area contributed by atoms with Crippen LogP contribution in [-0.2, 0) is 0 Å². The minimum Gasteiger partial charge on any atom is -0.490 e. The molecule has 4 N–H and O–H groups in total. The molecule has 17 heavy (non-hydrogen) atoms. The van der Waals surface area contributed by atoms with Gasteiger partial charge in [-0.2, -0.15) is 0 Å². The van der Waals surface area contributed by atoms with Crippen LogP contribution in [0.4, 0.5) is 11.4 Å². The molecular formula is C7H10N4O6. The first-order valence-electron chi connectivity index (χ1n) is 4.04. The zero-order valence-electron chi connectivity index (χ0n) is 8.69. The number of ether oxygens (including phenoxy) is 1. The molecule has 0 aliphatic carbocycles. The number of nitro groups is 1. The zero-order chi connectivity index (χ0) is 13.4. The number of hydrazine groups is 1. The Morgan fingerprint density at radius 3 is 2.29 bits per heavy atom. The summed E-state index contributed by atoms with van der Waals surface area (Å²) in [6, 6.07) is 4.37. The predicted octanol–water partition coefficient (Wildman–Crippen LogP) is 0.541. The second-order valence-electron chi connectivity index (χ2n) is 2.53. The minimum atomic E-state index is -1.50. The Labute approximate surface area is 94.8 Å². The van der Waals surface area contributed by atoms with Crippen LogP contribution in [0.2, 0.25) is 0 Å². The van der Waals surface area contributed by atoms with Gasteiger partial charge in [-0.25, -0.2) is 0 Å². The molecule has 0 aliphatic rings. The summed E-state index contributed by atoms with van der Waals surface area (Å²) in [5, 5.41) is 24.1. The van der Waals surface area contributed by atoms with Crippen LogP contribution in [0.5, 0.6) is 5.75 Å². The Kier molecular flexibility index (Phi) is 5.74. The highest BCUT2D eigenvalue weighted by molar-refractivity contribution is 5.57. The highest BCUT2D eigenvalue weighted by Gasteiger charge is 2.14. The van der Waals surface area contributed by atoms with Gasteiger partial charge in [0.2, 0.25) is 0 Å². The van der Waals surface area contributed by atoms with Crippen molar-refractivity contribution in [3.8, 4) is 5.75 Å². The van der Waals surface area contributed by atoms with Crippen molar-refractivity contribution < 1.29 is 20.0 Å². The van der Waals surface area contributed by atoms with Gasteiger partial charge < -0.3 is 15.4 Å². The molecule has 0 aromatic heterocycles. The van der Waals surface area contributed by atoms with Crippen LogP contribution in [0.3, 0.4) is 0 Å². The third-order valence-corrected chi connectivity index (χ3v) is 1.54. The molecule has 0 unspecified atom stereocenters. The van der Waals surface area contributed by atoms with Gasteiger partial charge in [-0.3, -0.25) is 16.0 Å². The van der Waals surface area contributed by atoms with Crippen molar-refractivity contribution in [3.63, 3.8) is 0 Å². The van der Waals surface area contributed by atoms with E-state index in [0.29, 0.717) is 5.69 Å². The van der Waals surface area contributed by atoms with Crippen molar-refractivity contribution in [1.82, 2.24) is 0 Å². The number of hydrogen-bond acceptors (Lipinski definition) is 7. The maximum Gasteiger partial charge on any atom is 0.313 e. The van der Waals surface area contributed by atoms with Crippen molar-refractivity contribution in [2.24, 2.45) is 5.84 Å². The number of hydrogen-bond donors (Lipinski definition) is 3. The van der Waals surface area contributed by atoms with E-state index in [9.17, 15) is 10.1 Å². The standard InChI is InChI=1S/C7H9N3O3.HNO3/c1-13-7-3-2-5(9-8)4-6(7)10(11)12;2-1(3)4/h2-4,9H,8H2,1H3;(H,2,3,4). The lowest BCUT2D eigenvalue weighted by atomic mass is 10.2. The van der Waals surface area contributed by atoms with E-state index < -0.39 is 10.0 Å². The van der Waals surface area contributed by atoms with Gasteiger partial charge >= 0.3 is 5.69 Å². The predicted molar refractivity (Wildman–Crippen MR) is 56.2 cm³/mol. The molecular weight excluding hydrogens is 236 g/mol. The van der Waals surface area contributed by atoms with Crippen LogP contribution in [0, 0.1) is 20.2 Å². The first-order chi connectivity index (χ1) is 7.92. The topological polar surface area (TPSA) is 154 Å². The number of rotatable bonds is 3. The molecule has 94 valence electrons. The second-order valence-corrected chi connectivity index (χ2v) is 2.53. The molecule has 1 rings (SSSR count). The molecule has 0 aliphatic heterocycles. The molecule has 0 radical (unpaired) electrons. The van der Waals surface area contributed by atoms with Crippen LogP contribution < -0.4 is 16.0 Å². The molecule has 0 heterocycles. The SMILES string of the molecule is COc1ccc(NN)cc1[N+](=O)[O-].O=[N+]([O-])O. The van der Waals surface area contributed by atoms with Crippen molar-refractivity contribution in [2.45, 2.75) is 0 Å². The number of methoxy groups -OCH3 is 1. The van der Waals surface area contributed by atoms with Gasteiger partial charge in [0.05, 0.1) is 17.7 Å². The average molecular weight is 246 g/mol. The van der Waals surface area contributed by atoms with Crippen LogP contribution in [-0.4, -0.2) is 22.3 Å². The lowest BCUT2D eigenvalue weighted by Crippen LogP contribution is -2.07. The first-order valence-corrected chi connectivity index (χ1v) is 4.04. The zero-order valence-corrected chi connectivity index (χ0v) is 8.69. The Balaban J connectivity index is 0.000000557. The molecule has 0 atom stereocenters. The number of anilines is 1. The van der Waals surface area contributed by atoms with Crippen LogP contribution >= 0.6 is 0 Å². The van der Waals surface area contributed by atoms with E-state index in [1.807, 2.05) is 0 Å². The van der Waals surface area contributed by atoms with E-state index in [0.717, 1.165) is 0 Å². The van der Waals surface area contributed by atoms with Crippen LogP contribution in [0.25, 0.3) is 0 Å². The maximum absolute atomic E-state index is 10.5. The molecule has 10 nitrogen and oxygen atoms in total. The second kappa shape index (κ2) is 6.79. The molecule has 1 aromatic carbocycles. The van der Waals surface area contributed by atoms with Crippen molar-refractivity contribution in [1.29, 1.82) is 0 Å². The Hall–Kier alpha value is -2.62. The summed E-state index contributed by atoms with van der Waals surface area (Å²) in [7, 11) is 1.37. The summed E-state index contributed by atoms with van der Waals surface area (Å²) in [6.07, 6.45) is 0. The third kappa shape index (κ3) is 5.13. The van der Waals surface area contributed by atoms with Gasteiger partial charge in [-0.1, -0.05) is 0 Å². The highest BCUT2D eigenvalue weighted by atomic mass is 16.9. The van der Waals surface area contributed by atoms with Gasteiger partial charge in [0.25, 0.3) is 5.09 Å². The molecule has 0 bridgehead atoms. The van der Waals surface area contributed by atoms with Crippen molar-refractivity contribution >= 4 is 11.4 Å². The highest BCUT2D eigenvalue weighted by Crippen LogP contribution is 2.28. The summed E-state index contributed by atoms with van der Waals surface area (Å²) in [6.45, 7) is 0. The molecule has 0 fully saturated rings. The Morgan fingerprint density at radius 1 is 1.41 bits per heavy atom. The van der Waals surface area contributed by atoms with Gasteiger partial charge in [0.15, 0.2) is 5.75 Å². The van der Waals surface area contributed by atoms with Gasteiger partial charge in [-0.15, -0.1) is 10.1 Å². The van der Waals surface area contributed by atoms with E-state index in [2.05, 4.69) is 5.43 Å². The fourth-order valence-corrected chi connectivity index (χ4v) is 0.922. The number of nitrogens with zero attached hydrogens (tertiary/aromatic N) is 2. The van der Waals surface area contributed by atoms with Crippen molar-refractivity contribution in [3.05, 3.63) is 38.4 Å². The molecule has 0 amide bonds. The molecule has 1 aromatic rings. The maximum atomic E-state index is 10.5. The van der Waals surface area contributed by atoms with E-state index >= 15 is 0 Å². The van der Waals surface area contributed by atoms with E-state index in [1.54, 1.807) is 6.07 Å². The molecule has 10 heteroatoms. The summed E-state index contributed by atoms with van der Waals surface area (Å²) >= 11 is 0. The Bertz CT molecular complexity index is 405. The number of nitrogen functional groups attached to an aromatic ring is 1. The number of nitrogens with two attached hydrogens (primary N) is 1. The number of benzene rings is 1. The number of nitrogens with one attached hydrogen (secondary N) is 1. The third-order valence-electron chi connectivity index (χ3n) is 1.54. The van der Waals surface area contributed by atoms with E-state index in [4.69, 9.17) is 25.9 Å². The van der Waals surface area contributed by atoms with Gasteiger partial charge in [-0.05, 0) is 12.1 Å². The van der Waals surface area contributed by atoms with Crippen LogP contribution in [0.15, 0.2) is 18.2 Å². The minimum absolute atomic E-state index is 0.113. The largest absolute Gasteiger partial charge is 0.490 e. The quantitative estimate of drug-likeness (QED) is 0.396. The molecule has 0 saturated carbocycles.